The number of halogens is 2. The van der Waals surface area contributed by atoms with Crippen LogP contribution in [0.15, 0.2) is 36.7 Å². The maximum atomic E-state index is 14.5. The molecule has 0 radical (unpaired) electrons. The standard InChI is InChI=1S/C25H23F2N5O3/c1-12-13-9-14-15-10-19(20-17(26)3-2-4-18(20)27)31-32-22(15)25(12,11-16(13)14)35-24-21(28-5-6-30-24)23(34)29-7-8-33/h2-6,10,12-14,16,33H,7-9,11H2,1H3,(H,29,34)/t12-,13?,14+,16?,25+/m0/s1. The van der Waals surface area contributed by atoms with Crippen molar-refractivity contribution in [2.45, 2.75) is 31.3 Å². The van der Waals surface area contributed by atoms with Gasteiger partial charge in [0.2, 0.25) is 5.88 Å². The Morgan fingerprint density at radius 3 is 2.74 bits per heavy atom. The fraction of sp³-hybridized carbons (Fsp3) is 0.400. The number of fused-ring (bicyclic) bond motifs is 4. The minimum absolute atomic E-state index is 0.0171. The van der Waals surface area contributed by atoms with E-state index in [9.17, 15) is 13.6 Å². The van der Waals surface area contributed by atoms with Crippen molar-refractivity contribution in [1.82, 2.24) is 25.5 Å². The summed E-state index contributed by atoms with van der Waals surface area (Å²) in [6.07, 6.45) is 4.47. The van der Waals surface area contributed by atoms with Gasteiger partial charge in [-0.25, -0.2) is 18.7 Å². The van der Waals surface area contributed by atoms with Crippen LogP contribution in [0.3, 0.4) is 0 Å². The van der Waals surface area contributed by atoms with Crippen molar-refractivity contribution in [1.29, 1.82) is 0 Å². The SMILES string of the molecule is C[C@H]1C2C[C@@H]3c4cc(-c5c(F)cccc5F)nnc4[C@@]1(Oc1nccnc1C(=O)NCCO)CC23. The molecule has 1 amide bonds. The smallest absolute Gasteiger partial charge is 0.275 e. The van der Waals surface area contributed by atoms with Crippen LogP contribution in [0.5, 0.6) is 5.88 Å². The van der Waals surface area contributed by atoms with E-state index in [1.165, 1.54) is 30.6 Å². The van der Waals surface area contributed by atoms with Gasteiger partial charge in [0, 0.05) is 24.9 Å². The first-order valence-electron chi connectivity index (χ1n) is 11.7. The lowest BCUT2D eigenvalue weighted by Crippen LogP contribution is -2.41. The van der Waals surface area contributed by atoms with Crippen molar-refractivity contribution in [2.75, 3.05) is 13.2 Å². The van der Waals surface area contributed by atoms with Crippen molar-refractivity contribution >= 4 is 5.91 Å². The molecule has 3 aliphatic rings. The molecule has 10 heteroatoms. The molecule has 6 rings (SSSR count). The average molecular weight is 479 g/mol. The number of aliphatic hydroxyl groups is 1. The Hall–Kier alpha value is -3.53. The summed E-state index contributed by atoms with van der Waals surface area (Å²) in [5, 5.41) is 20.3. The number of hydrogen-bond donors (Lipinski definition) is 2. The molecule has 2 saturated carbocycles. The first-order chi connectivity index (χ1) is 16.9. The van der Waals surface area contributed by atoms with E-state index in [1.807, 2.05) is 0 Å². The van der Waals surface area contributed by atoms with Gasteiger partial charge >= 0.3 is 0 Å². The number of amides is 1. The van der Waals surface area contributed by atoms with Crippen LogP contribution in [0.4, 0.5) is 8.78 Å². The van der Waals surface area contributed by atoms with Crippen LogP contribution in [-0.4, -0.2) is 44.3 Å². The second kappa shape index (κ2) is 8.01. The number of hydrogen-bond acceptors (Lipinski definition) is 7. The second-order valence-corrected chi connectivity index (χ2v) is 9.47. The molecule has 2 unspecified atom stereocenters. The van der Waals surface area contributed by atoms with Gasteiger partial charge in [0.1, 0.15) is 17.3 Å². The number of nitrogens with one attached hydrogen (secondary N) is 1. The number of aliphatic hydroxyl groups excluding tert-OH is 1. The lowest BCUT2D eigenvalue weighted by molar-refractivity contribution is 0.0133. The Balaban J connectivity index is 1.44. The Labute approximate surface area is 199 Å². The van der Waals surface area contributed by atoms with Crippen LogP contribution in [0, 0.1) is 29.4 Å². The summed E-state index contributed by atoms with van der Waals surface area (Å²) >= 11 is 0. The summed E-state index contributed by atoms with van der Waals surface area (Å²) in [6, 6.07) is 5.45. The molecule has 2 bridgehead atoms. The summed E-state index contributed by atoms with van der Waals surface area (Å²) < 4.78 is 35.5. The van der Waals surface area contributed by atoms with Crippen molar-refractivity contribution in [2.24, 2.45) is 17.8 Å². The van der Waals surface area contributed by atoms with Gasteiger partial charge in [0.15, 0.2) is 11.3 Å². The molecule has 2 heterocycles. The summed E-state index contributed by atoms with van der Waals surface area (Å²) in [5.74, 6) is -0.803. The van der Waals surface area contributed by atoms with Crippen molar-refractivity contribution < 1.29 is 23.4 Å². The molecule has 5 atom stereocenters. The van der Waals surface area contributed by atoms with Crippen molar-refractivity contribution in [3.63, 3.8) is 0 Å². The molecule has 2 aromatic heterocycles. The zero-order chi connectivity index (χ0) is 24.3. The van der Waals surface area contributed by atoms with Crippen molar-refractivity contribution in [3.05, 3.63) is 65.2 Å². The number of rotatable bonds is 6. The van der Waals surface area contributed by atoms with Crippen molar-refractivity contribution in [3.8, 4) is 17.1 Å². The lowest BCUT2D eigenvalue weighted by atomic mass is 9.61. The molecule has 180 valence electrons. The quantitative estimate of drug-likeness (QED) is 0.559. The highest BCUT2D eigenvalue weighted by atomic mass is 19.1. The minimum Gasteiger partial charge on any atom is -0.462 e. The molecule has 2 fully saturated rings. The summed E-state index contributed by atoms with van der Waals surface area (Å²) in [7, 11) is 0. The van der Waals surface area contributed by atoms with Gasteiger partial charge in [0.05, 0.1) is 17.9 Å². The molecule has 8 nitrogen and oxygen atoms in total. The van der Waals surface area contributed by atoms with Crippen LogP contribution in [0.1, 0.15) is 47.4 Å². The van der Waals surface area contributed by atoms with Gasteiger partial charge < -0.3 is 15.2 Å². The predicted molar refractivity (Wildman–Crippen MR) is 119 cm³/mol. The zero-order valence-electron chi connectivity index (χ0n) is 18.9. The Kier molecular flexibility index (Phi) is 5.03. The fourth-order valence-electron chi connectivity index (χ4n) is 6.21. The van der Waals surface area contributed by atoms with Crippen LogP contribution in [-0.2, 0) is 5.60 Å². The molecule has 2 N–H and O–H groups in total. The minimum atomic E-state index is -0.890. The van der Waals surface area contributed by atoms with E-state index in [4.69, 9.17) is 9.84 Å². The van der Waals surface area contributed by atoms with Gasteiger partial charge in [-0.05, 0) is 54.4 Å². The number of carbonyl (C=O) groups excluding carboxylic acids is 1. The van der Waals surface area contributed by atoms with E-state index in [-0.39, 0.29) is 47.8 Å². The van der Waals surface area contributed by atoms with Crippen LogP contribution in [0.2, 0.25) is 0 Å². The third-order valence-corrected chi connectivity index (χ3v) is 7.91. The number of ether oxygens (including phenoxy) is 1. The fourth-order valence-corrected chi connectivity index (χ4v) is 6.21. The van der Waals surface area contributed by atoms with Crippen LogP contribution < -0.4 is 10.1 Å². The maximum absolute atomic E-state index is 14.5. The predicted octanol–water partition coefficient (Wildman–Crippen LogP) is 2.98. The van der Waals surface area contributed by atoms with E-state index < -0.39 is 23.1 Å². The molecular formula is C25H23F2N5O3. The molecular weight excluding hydrogens is 456 g/mol. The van der Waals surface area contributed by atoms with Crippen LogP contribution >= 0.6 is 0 Å². The van der Waals surface area contributed by atoms with Crippen LogP contribution in [0.25, 0.3) is 11.3 Å². The average Bonchev–Trinajstić information content (AvgIpc) is 2.94. The zero-order valence-corrected chi connectivity index (χ0v) is 18.9. The molecule has 0 spiro atoms. The normalized spacial score (nSPS) is 27.7. The van der Waals surface area contributed by atoms with E-state index in [0.29, 0.717) is 24.0 Å². The van der Waals surface area contributed by atoms with E-state index in [1.54, 1.807) is 6.07 Å². The van der Waals surface area contributed by atoms with E-state index in [0.717, 1.165) is 12.0 Å². The highest BCUT2D eigenvalue weighted by Gasteiger charge is 2.67. The van der Waals surface area contributed by atoms with E-state index >= 15 is 0 Å². The number of carbonyl (C=O) groups is 1. The number of nitrogens with zero attached hydrogens (tertiary/aromatic N) is 4. The maximum Gasteiger partial charge on any atom is 0.275 e. The molecule has 3 aromatic rings. The van der Waals surface area contributed by atoms with Gasteiger partial charge in [-0.3, -0.25) is 4.79 Å². The summed E-state index contributed by atoms with van der Waals surface area (Å²) in [6.45, 7) is 1.97. The van der Waals surface area contributed by atoms with Gasteiger partial charge in [0.25, 0.3) is 5.91 Å². The monoisotopic (exact) mass is 479 g/mol. The topological polar surface area (TPSA) is 110 Å². The van der Waals surface area contributed by atoms with Gasteiger partial charge in [-0.2, -0.15) is 5.10 Å². The van der Waals surface area contributed by atoms with Gasteiger partial charge in [-0.1, -0.05) is 13.0 Å². The highest BCUT2D eigenvalue weighted by Crippen LogP contribution is 2.69. The number of aromatic nitrogens is 4. The third-order valence-electron chi connectivity index (χ3n) is 7.91. The van der Waals surface area contributed by atoms with E-state index in [2.05, 4.69) is 32.4 Å². The molecule has 0 saturated heterocycles. The summed E-state index contributed by atoms with van der Waals surface area (Å²) in [5.41, 5.74) is 0.582. The second-order valence-electron chi connectivity index (χ2n) is 9.47. The summed E-state index contributed by atoms with van der Waals surface area (Å²) in [4.78, 5) is 21.1. The third kappa shape index (κ3) is 3.16. The molecule has 0 aliphatic heterocycles. The lowest BCUT2D eigenvalue weighted by Gasteiger charge is -2.43. The molecule has 3 aliphatic carbocycles. The highest BCUT2D eigenvalue weighted by molar-refractivity contribution is 5.94. The Morgan fingerprint density at radius 2 is 1.97 bits per heavy atom. The Bertz CT molecular complexity index is 1320. The molecule has 35 heavy (non-hydrogen) atoms. The largest absolute Gasteiger partial charge is 0.462 e. The first kappa shape index (κ1) is 22.0. The number of benzene rings is 1. The first-order valence-corrected chi connectivity index (χ1v) is 11.7. The molecule has 1 aromatic carbocycles. The Morgan fingerprint density at radius 1 is 1.20 bits per heavy atom. The van der Waals surface area contributed by atoms with Gasteiger partial charge in [-0.15, -0.1) is 5.10 Å².